The van der Waals surface area contributed by atoms with E-state index in [9.17, 15) is 8.42 Å². The molecule has 1 heterocycles. The lowest BCUT2D eigenvalue weighted by Gasteiger charge is -2.07. The molecule has 0 radical (unpaired) electrons. The fraction of sp³-hybridized carbons (Fsp3) is 0.100. The number of hydrogen-bond acceptors (Lipinski definition) is 5. The Morgan fingerprint density at radius 1 is 1.33 bits per heavy atom. The van der Waals surface area contributed by atoms with Gasteiger partial charge in [-0.05, 0) is 18.2 Å². The van der Waals surface area contributed by atoms with Crippen LogP contribution < -0.4 is 16.2 Å². The molecule has 2 rings (SSSR count). The van der Waals surface area contributed by atoms with E-state index in [1.807, 2.05) is 0 Å². The summed E-state index contributed by atoms with van der Waals surface area (Å²) in [5, 5.41) is 12.1. The average molecular weight is 267 g/mol. The molecule has 96 valence electrons. The molecule has 0 saturated carbocycles. The molecule has 0 amide bonds. The Kier molecular flexibility index (Phi) is 2.97. The predicted molar refractivity (Wildman–Crippen MR) is 68.7 cm³/mol. The lowest BCUT2D eigenvalue weighted by atomic mass is 10.3. The third kappa shape index (κ3) is 2.79. The molecule has 0 aliphatic rings. The molecular weight excluding hydrogens is 254 g/mol. The minimum absolute atomic E-state index is 0.0408. The molecule has 0 atom stereocenters. The topological polar surface area (TPSA) is 116 Å². The fourth-order valence-electron chi connectivity index (χ4n) is 1.49. The van der Waals surface area contributed by atoms with Crippen molar-refractivity contribution in [1.29, 1.82) is 0 Å². The van der Waals surface area contributed by atoms with Crippen LogP contribution in [0.5, 0.6) is 0 Å². The first-order chi connectivity index (χ1) is 8.34. The van der Waals surface area contributed by atoms with Crippen LogP contribution in [0.15, 0.2) is 35.4 Å². The van der Waals surface area contributed by atoms with E-state index in [-0.39, 0.29) is 4.90 Å². The number of primary sulfonamides is 1. The van der Waals surface area contributed by atoms with Crippen LogP contribution >= 0.6 is 0 Å². The molecule has 0 aliphatic heterocycles. The Morgan fingerprint density at radius 2 is 2.06 bits per heavy atom. The molecule has 18 heavy (non-hydrogen) atoms. The smallest absolute Gasteiger partial charge is 0.238 e. The highest BCUT2D eigenvalue weighted by molar-refractivity contribution is 7.89. The maximum Gasteiger partial charge on any atom is 0.238 e. The number of nitrogens with zero attached hydrogens (tertiary/aromatic N) is 2. The third-order valence-electron chi connectivity index (χ3n) is 2.24. The molecule has 0 bridgehead atoms. The van der Waals surface area contributed by atoms with Gasteiger partial charge in [0, 0.05) is 30.7 Å². The van der Waals surface area contributed by atoms with E-state index < -0.39 is 10.0 Å². The van der Waals surface area contributed by atoms with Gasteiger partial charge < -0.3 is 11.1 Å². The van der Waals surface area contributed by atoms with Crippen LogP contribution in [-0.4, -0.2) is 18.2 Å². The fourth-order valence-corrected chi connectivity index (χ4v) is 2.08. The van der Waals surface area contributed by atoms with Crippen molar-refractivity contribution < 1.29 is 8.42 Å². The number of aromatic nitrogens is 2. The Balaban J connectivity index is 2.37. The van der Waals surface area contributed by atoms with E-state index >= 15 is 0 Å². The molecule has 8 heteroatoms. The molecule has 0 spiro atoms. The van der Waals surface area contributed by atoms with Gasteiger partial charge in [0.25, 0.3) is 0 Å². The van der Waals surface area contributed by atoms with Crippen LogP contribution in [0.2, 0.25) is 0 Å². The molecule has 5 N–H and O–H groups in total. The minimum atomic E-state index is -3.78. The second kappa shape index (κ2) is 4.31. The van der Waals surface area contributed by atoms with Crippen molar-refractivity contribution in [3.63, 3.8) is 0 Å². The first kappa shape index (κ1) is 12.4. The van der Waals surface area contributed by atoms with E-state index in [0.29, 0.717) is 17.2 Å². The summed E-state index contributed by atoms with van der Waals surface area (Å²) >= 11 is 0. The summed E-state index contributed by atoms with van der Waals surface area (Å²) in [7, 11) is -2.00. The minimum Gasteiger partial charge on any atom is -0.399 e. The SMILES string of the molecule is Cn1ccc(Nc2cc(N)cc(S(N)(=O)=O)c2)n1. The normalized spacial score (nSPS) is 11.4. The number of aryl methyl sites for hydroxylation is 1. The van der Waals surface area contributed by atoms with E-state index in [1.165, 1.54) is 12.1 Å². The standard InChI is InChI=1S/C10H13N5O2S/c1-15-3-2-10(14-15)13-8-4-7(11)5-9(6-8)18(12,16)17/h2-6H,11H2,1H3,(H,13,14)(H2,12,16,17). The van der Waals surface area contributed by atoms with Crippen molar-refractivity contribution in [2.24, 2.45) is 12.2 Å². The highest BCUT2D eigenvalue weighted by atomic mass is 32.2. The lowest BCUT2D eigenvalue weighted by Crippen LogP contribution is -2.12. The zero-order valence-electron chi connectivity index (χ0n) is 9.66. The summed E-state index contributed by atoms with van der Waals surface area (Å²) in [6, 6.07) is 6.06. The van der Waals surface area contributed by atoms with E-state index in [1.54, 1.807) is 30.1 Å². The molecule has 1 aromatic carbocycles. The second-order valence-electron chi connectivity index (χ2n) is 3.84. The quantitative estimate of drug-likeness (QED) is 0.696. The van der Waals surface area contributed by atoms with Gasteiger partial charge in [0.1, 0.15) is 0 Å². The molecule has 0 aliphatic carbocycles. The first-order valence-electron chi connectivity index (χ1n) is 5.04. The number of sulfonamides is 1. The third-order valence-corrected chi connectivity index (χ3v) is 3.14. The first-order valence-corrected chi connectivity index (χ1v) is 6.59. The van der Waals surface area contributed by atoms with Gasteiger partial charge in [0.2, 0.25) is 10.0 Å². The summed E-state index contributed by atoms with van der Waals surface area (Å²) < 4.78 is 24.2. The summed E-state index contributed by atoms with van der Waals surface area (Å²) in [6.07, 6.45) is 1.76. The van der Waals surface area contributed by atoms with Gasteiger partial charge in [-0.1, -0.05) is 0 Å². The highest BCUT2D eigenvalue weighted by Crippen LogP contribution is 2.22. The van der Waals surface area contributed by atoms with Crippen LogP contribution in [0.3, 0.4) is 0 Å². The van der Waals surface area contributed by atoms with Gasteiger partial charge in [-0.3, -0.25) is 4.68 Å². The Labute approximate surface area is 104 Å². The van der Waals surface area contributed by atoms with Crippen molar-refractivity contribution in [1.82, 2.24) is 9.78 Å². The molecule has 1 aromatic heterocycles. The van der Waals surface area contributed by atoms with Gasteiger partial charge in [0.15, 0.2) is 5.82 Å². The van der Waals surface area contributed by atoms with Gasteiger partial charge in [0.05, 0.1) is 4.90 Å². The molecule has 2 aromatic rings. The van der Waals surface area contributed by atoms with E-state index in [0.717, 1.165) is 0 Å². The van der Waals surface area contributed by atoms with Gasteiger partial charge in [-0.25, -0.2) is 13.6 Å². The van der Waals surface area contributed by atoms with Gasteiger partial charge in [-0.2, -0.15) is 5.10 Å². The van der Waals surface area contributed by atoms with Gasteiger partial charge in [-0.15, -0.1) is 0 Å². The molecule has 0 saturated heterocycles. The van der Waals surface area contributed by atoms with Crippen molar-refractivity contribution in [3.8, 4) is 0 Å². The molecule has 0 fully saturated rings. The molecular formula is C10H13N5O2S. The Hall–Kier alpha value is -2.06. The molecule has 0 unspecified atom stereocenters. The van der Waals surface area contributed by atoms with Crippen LogP contribution in [-0.2, 0) is 17.1 Å². The molecule has 7 nitrogen and oxygen atoms in total. The predicted octanol–water partition coefficient (Wildman–Crippen LogP) is 0.393. The Morgan fingerprint density at radius 3 is 2.61 bits per heavy atom. The summed E-state index contributed by atoms with van der Waals surface area (Å²) in [6.45, 7) is 0. The number of rotatable bonds is 3. The number of nitrogens with two attached hydrogens (primary N) is 2. The zero-order valence-corrected chi connectivity index (χ0v) is 10.5. The van der Waals surface area contributed by atoms with Crippen molar-refractivity contribution in [2.45, 2.75) is 4.90 Å². The van der Waals surface area contributed by atoms with Gasteiger partial charge >= 0.3 is 0 Å². The number of hydrogen-bond donors (Lipinski definition) is 3. The second-order valence-corrected chi connectivity index (χ2v) is 5.40. The van der Waals surface area contributed by atoms with Crippen LogP contribution in [0.25, 0.3) is 0 Å². The lowest BCUT2D eigenvalue weighted by molar-refractivity contribution is 0.598. The Bertz CT molecular complexity index is 677. The van der Waals surface area contributed by atoms with Crippen LogP contribution in [0, 0.1) is 0 Å². The number of benzene rings is 1. The highest BCUT2D eigenvalue weighted by Gasteiger charge is 2.10. The maximum atomic E-state index is 11.3. The van der Waals surface area contributed by atoms with Crippen LogP contribution in [0.4, 0.5) is 17.2 Å². The monoisotopic (exact) mass is 267 g/mol. The zero-order chi connectivity index (χ0) is 13.3. The van der Waals surface area contributed by atoms with Crippen molar-refractivity contribution in [3.05, 3.63) is 30.5 Å². The summed E-state index contributed by atoms with van der Waals surface area (Å²) in [5.41, 5.74) is 6.45. The van der Waals surface area contributed by atoms with E-state index in [2.05, 4.69) is 10.4 Å². The van der Waals surface area contributed by atoms with Crippen molar-refractivity contribution in [2.75, 3.05) is 11.1 Å². The number of nitrogens with one attached hydrogen (secondary N) is 1. The maximum absolute atomic E-state index is 11.3. The number of anilines is 3. The number of nitrogen functional groups attached to an aromatic ring is 1. The average Bonchev–Trinajstić information content (AvgIpc) is 2.61. The summed E-state index contributed by atoms with van der Waals surface area (Å²) in [4.78, 5) is -0.0408. The largest absolute Gasteiger partial charge is 0.399 e. The summed E-state index contributed by atoms with van der Waals surface area (Å²) in [5.74, 6) is 0.587. The van der Waals surface area contributed by atoms with Crippen molar-refractivity contribution >= 4 is 27.2 Å². The van der Waals surface area contributed by atoms with E-state index in [4.69, 9.17) is 10.9 Å². The van der Waals surface area contributed by atoms with Crippen LogP contribution in [0.1, 0.15) is 0 Å².